The van der Waals surface area contributed by atoms with Crippen LogP contribution in [0, 0.1) is 0 Å². The molecule has 0 aliphatic heterocycles. The van der Waals surface area contributed by atoms with Gasteiger partial charge in [0.1, 0.15) is 17.1 Å². The Hall–Kier alpha value is -4.19. The predicted octanol–water partition coefficient (Wildman–Crippen LogP) is 5.26. The predicted molar refractivity (Wildman–Crippen MR) is 119 cm³/mol. The summed E-state index contributed by atoms with van der Waals surface area (Å²) in [7, 11) is 0. The lowest BCUT2D eigenvalue weighted by Gasteiger charge is -2.08. The molecule has 0 atom stereocenters. The number of hydrogen-bond acceptors (Lipinski definition) is 4. The number of aromatic amines is 1. The Kier molecular flexibility index (Phi) is 5.89. The molecule has 0 spiro atoms. The summed E-state index contributed by atoms with van der Waals surface area (Å²) in [5, 5.41) is 23.3. The van der Waals surface area contributed by atoms with Crippen LogP contribution in [-0.2, 0) is 12.8 Å². The van der Waals surface area contributed by atoms with Crippen molar-refractivity contribution in [2.45, 2.75) is 12.8 Å². The molecule has 0 bridgehead atoms. The first-order valence-electron chi connectivity index (χ1n) is 9.91. The number of aromatic nitrogens is 1. The van der Waals surface area contributed by atoms with E-state index < -0.39 is 5.91 Å². The molecule has 0 radical (unpaired) electrons. The maximum Gasteiger partial charge on any atom is 0.264 e. The number of rotatable bonds is 7. The van der Waals surface area contributed by atoms with Crippen LogP contribution in [0.3, 0.4) is 0 Å². The van der Waals surface area contributed by atoms with Gasteiger partial charge < -0.3 is 25.3 Å². The Balaban J connectivity index is 1.42. The van der Waals surface area contributed by atoms with Crippen LogP contribution in [0.1, 0.15) is 21.6 Å². The number of aryl methyl sites for hydroxylation is 2. The van der Waals surface area contributed by atoms with E-state index in [9.17, 15) is 15.0 Å². The van der Waals surface area contributed by atoms with Crippen molar-refractivity contribution < 1.29 is 19.7 Å². The Morgan fingerprint density at radius 3 is 2.10 bits per heavy atom. The average Bonchev–Trinajstić information content (AvgIpc) is 3.08. The first-order valence-corrected chi connectivity index (χ1v) is 9.91. The van der Waals surface area contributed by atoms with Gasteiger partial charge in [-0.25, -0.2) is 0 Å². The van der Waals surface area contributed by atoms with Gasteiger partial charge in [0.2, 0.25) is 5.88 Å². The van der Waals surface area contributed by atoms with Gasteiger partial charge in [0.15, 0.2) is 5.75 Å². The molecular formula is C25H22N2O4. The van der Waals surface area contributed by atoms with E-state index in [4.69, 9.17) is 4.74 Å². The summed E-state index contributed by atoms with van der Waals surface area (Å²) in [4.78, 5) is 15.3. The lowest BCUT2D eigenvalue weighted by molar-refractivity contribution is 0.102. The second-order valence-electron chi connectivity index (χ2n) is 7.05. The highest BCUT2D eigenvalue weighted by Crippen LogP contribution is 2.32. The molecule has 6 heteroatoms. The van der Waals surface area contributed by atoms with Crippen molar-refractivity contribution in [2.75, 3.05) is 5.32 Å². The number of hydrogen-bond donors (Lipinski definition) is 4. The number of carbonyl (C=O) groups excluding carboxylic acids is 1. The van der Waals surface area contributed by atoms with Crippen LogP contribution in [0.5, 0.6) is 23.1 Å². The number of benzene rings is 3. The first-order chi connectivity index (χ1) is 15.1. The number of nitrogens with one attached hydrogen (secondary N) is 2. The molecule has 31 heavy (non-hydrogen) atoms. The SMILES string of the molecule is O=C(Nc1ccc(Oc2ccccc2)cc1)c1c(O)[nH]c(CCc2ccccc2)c1O. The molecule has 4 aromatic rings. The van der Waals surface area contributed by atoms with Crippen molar-refractivity contribution in [1.29, 1.82) is 0 Å². The van der Waals surface area contributed by atoms with Crippen molar-refractivity contribution >= 4 is 11.6 Å². The lowest BCUT2D eigenvalue weighted by atomic mass is 10.1. The van der Waals surface area contributed by atoms with Gasteiger partial charge in [-0.3, -0.25) is 4.79 Å². The number of H-pyrrole nitrogens is 1. The Bertz CT molecular complexity index is 1150. The highest BCUT2D eigenvalue weighted by Gasteiger charge is 2.23. The van der Waals surface area contributed by atoms with Crippen molar-refractivity contribution in [1.82, 2.24) is 4.98 Å². The lowest BCUT2D eigenvalue weighted by Crippen LogP contribution is -2.11. The largest absolute Gasteiger partial charge is 0.505 e. The molecule has 6 nitrogen and oxygen atoms in total. The van der Waals surface area contributed by atoms with E-state index in [1.807, 2.05) is 60.7 Å². The fourth-order valence-corrected chi connectivity index (χ4v) is 3.26. The van der Waals surface area contributed by atoms with E-state index in [0.29, 0.717) is 35.7 Å². The Labute approximate surface area is 179 Å². The monoisotopic (exact) mass is 414 g/mol. The smallest absolute Gasteiger partial charge is 0.264 e. The quantitative estimate of drug-likeness (QED) is 0.332. The molecule has 0 aliphatic carbocycles. The summed E-state index contributed by atoms with van der Waals surface area (Å²) in [6.45, 7) is 0. The van der Waals surface area contributed by atoms with E-state index in [-0.39, 0.29) is 17.2 Å². The molecule has 0 aliphatic rings. The van der Waals surface area contributed by atoms with Crippen LogP contribution in [0.4, 0.5) is 5.69 Å². The van der Waals surface area contributed by atoms with Gasteiger partial charge in [-0.2, -0.15) is 0 Å². The molecule has 0 unspecified atom stereocenters. The van der Waals surface area contributed by atoms with Gasteiger partial charge in [-0.15, -0.1) is 0 Å². The third-order valence-corrected chi connectivity index (χ3v) is 4.85. The van der Waals surface area contributed by atoms with E-state index >= 15 is 0 Å². The molecule has 3 aromatic carbocycles. The Morgan fingerprint density at radius 2 is 1.42 bits per heavy atom. The summed E-state index contributed by atoms with van der Waals surface area (Å²) >= 11 is 0. The molecular weight excluding hydrogens is 392 g/mol. The number of amides is 1. The highest BCUT2D eigenvalue weighted by molar-refractivity contribution is 6.08. The van der Waals surface area contributed by atoms with Crippen LogP contribution < -0.4 is 10.1 Å². The maximum absolute atomic E-state index is 12.6. The second-order valence-corrected chi connectivity index (χ2v) is 7.05. The minimum atomic E-state index is -0.603. The number of aromatic hydroxyl groups is 2. The van der Waals surface area contributed by atoms with E-state index in [0.717, 1.165) is 5.56 Å². The second kappa shape index (κ2) is 9.09. The van der Waals surface area contributed by atoms with Gasteiger partial charge in [0, 0.05) is 5.69 Å². The number of para-hydroxylation sites is 1. The van der Waals surface area contributed by atoms with Gasteiger partial charge >= 0.3 is 0 Å². The summed E-state index contributed by atoms with van der Waals surface area (Å²) in [6, 6.07) is 26.0. The average molecular weight is 414 g/mol. The van der Waals surface area contributed by atoms with Gasteiger partial charge in [-0.1, -0.05) is 48.5 Å². The van der Waals surface area contributed by atoms with E-state index in [1.165, 1.54) is 0 Å². The molecule has 0 saturated heterocycles. The van der Waals surface area contributed by atoms with E-state index in [2.05, 4.69) is 10.3 Å². The third kappa shape index (κ3) is 4.87. The topological polar surface area (TPSA) is 94.6 Å². The highest BCUT2D eigenvalue weighted by atomic mass is 16.5. The van der Waals surface area contributed by atoms with Gasteiger partial charge in [-0.05, 0) is 54.8 Å². The standard InChI is InChI=1S/C25H22N2O4/c28-23-21(16-11-17-7-3-1-4-8-17)27-25(30)22(23)24(29)26-18-12-14-20(15-13-18)31-19-9-5-2-6-10-19/h1-10,12-15,27-28,30H,11,16H2,(H,26,29). The van der Waals surface area contributed by atoms with Crippen LogP contribution in [0.2, 0.25) is 0 Å². The number of anilines is 1. The van der Waals surface area contributed by atoms with Crippen LogP contribution in [0.25, 0.3) is 0 Å². The molecule has 156 valence electrons. The third-order valence-electron chi connectivity index (χ3n) is 4.85. The maximum atomic E-state index is 12.6. The van der Waals surface area contributed by atoms with Crippen molar-refractivity contribution in [3.8, 4) is 23.1 Å². The van der Waals surface area contributed by atoms with E-state index in [1.54, 1.807) is 24.3 Å². The molecule has 0 saturated carbocycles. The molecule has 4 N–H and O–H groups in total. The molecule has 1 amide bonds. The summed E-state index contributed by atoms with van der Waals surface area (Å²) in [5.41, 5.74) is 1.85. The summed E-state index contributed by atoms with van der Waals surface area (Å²) in [6.07, 6.45) is 1.13. The van der Waals surface area contributed by atoms with Crippen molar-refractivity contribution in [2.24, 2.45) is 0 Å². The Morgan fingerprint density at radius 1 is 0.806 bits per heavy atom. The van der Waals surface area contributed by atoms with Crippen LogP contribution >= 0.6 is 0 Å². The fraction of sp³-hybridized carbons (Fsp3) is 0.0800. The zero-order valence-electron chi connectivity index (χ0n) is 16.7. The zero-order valence-corrected chi connectivity index (χ0v) is 16.7. The minimum absolute atomic E-state index is 0.173. The zero-order chi connectivity index (χ0) is 21.6. The molecule has 1 heterocycles. The summed E-state index contributed by atoms with van der Waals surface area (Å²) in [5.74, 6) is 0.134. The molecule has 4 rings (SSSR count). The van der Waals surface area contributed by atoms with Crippen LogP contribution in [0.15, 0.2) is 84.9 Å². The van der Waals surface area contributed by atoms with Gasteiger partial charge in [0.25, 0.3) is 5.91 Å². The number of carbonyl (C=O) groups is 1. The van der Waals surface area contributed by atoms with Crippen LogP contribution in [-0.4, -0.2) is 21.1 Å². The van der Waals surface area contributed by atoms with Crippen molar-refractivity contribution in [3.05, 3.63) is 102 Å². The normalized spacial score (nSPS) is 10.6. The van der Waals surface area contributed by atoms with Crippen molar-refractivity contribution in [3.63, 3.8) is 0 Å². The fourth-order valence-electron chi connectivity index (χ4n) is 3.26. The first kappa shape index (κ1) is 20.1. The number of ether oxygens (including phenoxy) is 1. The minimum Gasteiger partial charge on any atom is -0.505 e. The van der Waals surface area contributed by atoms with Gasteiger partial charge in [0.05, 0.1) is 5.69 Å². The molecule has 0 fully saturated rings. The molecule has 1 aromatic heterocycles. The summed E-state index contributed by atoms with van der Waals surface area (Å²) < 4.78 is 5.73.